The summed E-state index contributed by atoms with van der Waals surface area (Å²) in [5.74, 6) is -0.521. The van der Waals surface area contributed by atoms with Gasteiger partial charge in [0.15, 0.2) is 5.78 Å². The van der Waals surface area contributed by atoms with Crippen molar-refractivity contribution in [2.75, 3.05) is 0 Å². The van der Waals surface area contributed by atoms with Crippen LogP contribution >= 0.6 is 12.2 Å². The van der Waals surface area contributed by atoms with Crippen molar-refractivity contribution in [1.29, 1.82) is 0 Å². The fourth-order valence-electron chi connectivity index (χ4n) is 2.23. The van der Waals surface area contributed by atoms with E-state index in [-0.39, 0.29) is 12.0 Å². The third kappa shape index (κ3) is 3.80. The van der Waals surface area contributed by atoms with Gasteiger partial charge in [-0.25, -0.2) is 0 Å². The van der Waals surface area contributed by atoms with Gasteiger partial charge >= 0.3 is 6.18 Å². The summed E-state index contributed by atoms with van der Waals surface area (Å²) in [7, 11) is 0. The average Bonchev–Trinajstić information content (AvgIpc) is 2.52. The van der Waals surface area contributed by atoms with Crippen molar-refractivity contribution < 1.29 is 18.0 Å². The van der Waals surface area contributed by atoms with Crippen molar-refractivity contribution >= 4 is 23.4 Å². The van der Waals surface area contributed by atoms with E-state index in [1.165, 1.54) is 23.6 Å². The minimum atomic E-state index is -4.53. The number of carbonyl (C=O) groups excluding carboxylic acids is 1. The predicted molar refractivity (Wildman–Crippen MR) is 83.3 cm³/mol. The molecule has 0 aliphatic carbocycles. The Kier molecular flexibility index (Phi) is 5.08. The number of ketones is 1. The van der Waals surface area contributed by atoms with E-state index in [1.54, 1.807) is 0 Å². The van der Waals surface area contributed by atoms with E-state index in [2.05, 4.69) is 0 Å². The lowest BCUT2D eigenvalue weighted by Gasteiger charge is -2.12. The summed E-state index contributed by atoms with van der Waals surface area (Å²) in [5.41, 5.74) is 0.502. The maximum Gasteiger partial charge on any atom is 0.417 e. The molecule has 0 fully saturated rings. The Balaban J connectivity index is 2.19. The lowest BCUT2D eigenvalue weighted by atomic mass is 9.97. The first kappa shape index (κ1) is 16.4. The van der Waals surface area contributed by atoms with Crippen LogP contribution < -0.4 is 0 Å². The lowest BCUT2D eigenvalue weighted by molar-refractivity contribution is -0.137. The zero-order valence-corrected chi connectivity index (χ0v) is 12.4. The number of benzene rings is 2. The highest BCUT2D eigenvalue weighted by Gasteiger charge is 2.34. The van der Waals surface area contributed by atoms with Crippen molar-refractivity contribution in [2.24, 2.45) is 0 Å². The highest BCUT2D eigenvalue weighted by Crippen LogP contribution is 2.32. The Morgan fingerprint density at radius 1 is 1.05 bits per heavy atom. The summed E-state index contributed by atoms with van der Waals surface area (Å²) in [5, 5.41) is 1.50. The first-order chi connectivity index (χ1) is 10.4. The average molecular weight is 322 g/mol. The molecule has 1 nitrogen and oxygen atoms in total. The van der Waals surface area contributed by atoms with E-state index in [0.717, 1.165) is 17.2 Å². The fourth-order valence-corrected chi connectivity index (χ4v) is 2.46. The topological polar surface area (TPSA) is 17.1 Å². The summed E-state index contributed by atoms with van der Waals surface area (Å²) in [4.78, 5) is 12.1. The number of carbonyl (C=O) groups is 1. The monoisotopic (exact) mass is 322 g/mol. The molecule has 0 spiro atoms. The first-order valence-corrected chi connectivity index (χ1v) is 7.13. The zero-order chi connectivity index (χ0) is 16.2. The van der Waals surface area contributed by atoms with Crippen LogP contribution in [0.15, 0.2) is 48.5 Å². The van der Waals surface area contributed by atoms with Crippen molar-refractivity contribution in [2.45, 2.75) is 19.0 Å². The highest BCUT2D eigenvalue weighted by molar-refractivity contribution is 7.79. The number of thiocarbonyl (C=S) groups is 1. The molecule has 2 aromatic rings. The summed E-state index contributed by atoms with van der Waals surface area (Å²) < 4.78 is 38.8. The third-order valence-corrected chi connectivity index (χ3v) is 3.59. The SMILES string of the molecule is O=C(CCc1ccccc1C=S)c1ccccc1C(F)(F)F. The van der Waals surface area contributed by atoms with E-state index in [4.69, 9.17) is 12.2 Å². The van der Waals surface area contributed by atoms with Crippen LogP contribution in [0.2, 0.25) is 0 Å². The highest BCUT2D eigenvalue weighted by atomic mass is 32.1. The number of hydrogen-bond acceptors (Lipinski definition) is 2. The molecule has 0 N–H and O–H groups in total. The summed E-state index contributed by atoms with van der Waals surface area (Å²) in [6.07, 6.45) is -4.17. The molecule has 0 saturated carbocycles. The summed E-state index contributed by atoms with van der Waals surface area (Å²) in [6, 6.07) is 12.1. The molecule has 114 valence electrons. The van der Waals surface area contributed by atoms with Crippen molar-refractivity contribution in [3.8, 4) is 0 Å². The van der Waals surface area contributed by atoms with Crippen LogP contribution in [-0.2, 0) is 12.6 Å². The predicted octanol–water partition coefficient (Wildman–Crippen LogP) is 4.87. The molecule has 22 heavy (non-hydrogen) atoms. The Labute approximate surface area is 131 Å². The largest absolute Gasteiger partial charge is 0.417 e. The molecule has 0 bridgehead atoms. The van der Waals surface area contributed by atoms with Gasteiger partial charge in [0.1, 0.15) is 0 Å². The van der Waals surface area contributed by atoms with E-state index < -0.39 is 17.5 Å². The molecule has 0 radical (unpaired) electrons. The minimum Gasteiger partial charge on any atom is -0.294 e. The van der Waals surface area contributed by atoms with Gasteiger partial charge in [-0.3, -0.25) is 4.79 Å². The van der Waals surface area contributed by atoms with Crippen molar-refractivity contribution in [3.63, 3.8) is 0 Å². The van der Waals surface area contributed by atoms with Crippen LogP contribution in [0.5, 0.6) is 0 Å². The van der Waals surface area contributed by atoms with Crippen LogP contribution in [0.25, 0.3) is 0 Å². The van der Waals surface area contributed by atoms with Gasteiger partial charge in [-0.1, -0.05) is 54.7 Å². The van der Waals surface area contributed by atoms with Gasteiger partial charge in [0, 0.05) is 17.4 Å². The van der Waals surface area contributed by atoms with E-state index in [0.29, 0.717) is 6.42 Å². The van der Waals surface area contributed by atoms with Gasteiger partial charge in [0.05, 0.1) is 5.56 Å². The van der Waals surface area contributed by atoms with E-state index in [1.807, 2.05) is 24.3 Å². The Hall–Kier alpha value is -2.01. The van der Waals surface area contributed by atoms with E-state index >= 15 is 0 Å². The first-order valence-electron chi connectivity index (χ1n) is 6.66. The molecule has 0 aliphatic heterocycles. The van der Waals surface area contributed by atoms with Gasteiger partial charge < -0.3 is 0 Å². The van der Waals surface area contributed by atoms with Crippen LogP contribution in [0.3, 0.4) is 0 Å². The van der Waals surface area contributed by atoms with Crippen LogP contribution in [-0.4, -0.2) is 11.2 Å². The summed E-state index contributed by atoms with van der Waals surface area (Å²) in [6.45, 7) is 0. The second-order valence-corrected chi connectivity index (χ2v) is 5.02. The normalized spacial score (nSPS) is 11.2. The maximum absolute atomic E-state index is 12.9. The maximum atomic E-state index is 12.9. The molecule has 5 heteroatoms. The van der Waals surface area contributed by atoms with E-state index in [9.17, 15) is 18.0 Å². The zero-order valence-electron chi connectivity index (χ0n) is 11.6. The van der Waals surface area contributed by atoms with Gasteiger partial charge in [0.2, 0.25) is 0 Å². The number of alkyl halides is 3. The Morgan fingerprint density at radius 2 is 1.68 bits per heavy atom. The van der Waals surface area contributed by atoms with Gasteiger partial charge in [-0.2, -0.15) is 13.2 Å². The summed E-state index contributed by atoms with van der Waals surface area (Å²) >= 11 is 4.89. The molecule has 0 saturated heterocycles. The molecular weight excluding hydrogens is 309 g/mol. The van der Waals surface area contributed by atoms with Crippen molar-refractivity contribution in [3.05, 3.63) is 70.8 Å². The van der Waals surface area contributed by atoms with Gasteiger partial charge in [-0.05, 0) is 23.6 Å². The van der Waals surface area contributed by atoms with Crippen molar-refractivity contribution in [1.82, 2.24) is 0 Å². The Bertz CT molecular complexity index is 692. The molecule has 0 aliphatic rings. The van der Waals surface area contributed by atoms with Crippen LogP contribution in [0, 0.1) is 0 Å². The lowest BCUT2D eigenvalue weighted by Crippen LogP contribution is -2.13. The van der Waals surface area contributed by atoms with Gasteiger partial charge in [-0.15, -0.1) is 0 Å². The standard InChI is InChI=1S/C17H13F3OS/c18-17(19,20)15-8-4-3-7-14(15)16(21)10-9-12-5-1-2-6-13(12)11-22/h1-8,11H,9-10H2. The smallest absolute Gasteiger partial charge is 0.294 e. The van der Waals surface area contributed by atoms with Gasteiger partial charge in [0.25, 0.3) is 0 Å². The molecule has 2 rings (SSSR count). The number of aryl methyl sites for hydroxylation is 1. The Morgan fingerprint density at radius 3 is 2.36 bits per heavy atom. The third-order valence-electron chi connectivity index (χ3n) is 3.34. The minimum absolute atomic E-state index is 0.00722. The number of halogens is 3. The van der Waals surface area contributed by atoms with Crippen LogP contribution in [0.1, 0.15) is 33.5 Å². The van der Waals surface area contributed by atoms with Crippen LogP contribution in [0.4, 0.5) is 13.2 Å². The number of hydrogen-bond donors (Lipinski definition) is 0. The molecule has 0 amide bonds. The second kappa shape index (κ2) is 6.83. The molecule has 0 aromatic heterocycles. The fraction of sp³-hybridized carbons (Fsp3) is 0.176. The number of rotatable bonds is 5. The quantitative estimate of drug-likeness (QED) is 0.577. The molecule has 0 atom stereocenters. The number of Topliss-reactive ketones (excluding diaryl/α,β-unsaturated/α-hetero) is 1. The molecular formula is C17H13F3OS. The second-order valence-electron chi connectivity index (χ2n) is 4.78. The molecule has 2 aromatic carbocycles. The molecule has 0 unspecified atom stereocenters. The molecule has 0 heterocycles.